The number of nitrogens with one attached hydrogen (secondary N) is 2. The van der Waals surface area contributed by atoms with E-state index < -0.39 is 23.8 Å². The number of carbonyl (C=O) groups excluding carboxylic acids is 2. The van der Waals surface area contributed by atoms with Crippen molar-refractivity contribution >= 4 is 34.5 Å². The first kappa shape index (κ1) is 24.5. The fraction of sp³-hybridized carbons (Fsp3) is 0.276. The SMILES string of the molecule is NC(=O)c1ccc(C2CCCCC2)cc1C(c1ccccc1)C(O)C(=O)Nc1ccc2nc(N)[nH]c2c1. The quantitative estimate of drug-likeness (QED) is 0.256. The number of amides is 2. The number of aromatic nitrogens is 2. The summed E-state index contributed by atoms with van der Waals surface area (Å²) < 4.78 is 0. The van der Waals surface area contributed by atoms with Crippen LogP contribution in [0.5, 0.6) is 0 Å². The maximum absolute atomic E-state index is 13.4. The van der Waals surface area contributed by atoms with Gasteiger partial charge in [0.2, 0.25) is 5.91 Å². The van der Waals surface area contributed by atoms with Crippen LogP contribution in [0.15, 0.2) is 66.7 Å². The average Bonchev–Trinajstić information content (AvgIpc) is 3.29. The van der Waals surface area contributed by atoms with Gasteiger partial charge in [-0.05, 0) is 59.7 Å². The molecule has 37 heavy (non-hydrogen) atoms. The van der Waals surface area contributed by atoms with E-state index in [1.54, 1.807) is 24.3 Å². The molecule has 1 aromatic heterocycles. The van der Waals surface area contributed by atoms with E-state index >= 15 is 0 Å². The van der Waals surface area contributed by atoms with Gasteiger partial charge >= 0.3 is 0 Å². The highest BCUT2D eigenvalue weighted by Crippen LogP contribution is 2.37. The minimum atomic E-state index is -1.48. The van der Waals surface area contributed by atoms with Gasteiger partial charge in [-0.2, -0.15) is 0 Å². The molecule has 0 bridgehead atoms. The van der Waals surface area contributed by atoms with Crippen molar-refractivity contribution < 1.29 is 14.7 Å². The van der Waals surface area contributed by atoms with Gasteiger partial charge in [0.25, 0.3) is 5.91 Å². The fourth-order valence-electron chi connectivity index (χ4n) is 5.42. The Bertz CT molecular complexity index is 1430. The highest BCUT2D eigenvalue weighted by molar-refractivity contribution is 5.98. The van der Waals surface area contributed by atoms with Crippen LogP contribution in [-0.4, -0.2) is 33.0 Å². The van der Waals surface area contributed by atoms with Crippen molar-refractivity contribution in [1.82, 2.24) is 9.97 Å². The minimum absolute atomic E-state index is 0.277. The molecule has 7 N–H and O–H groups in total. The number of primary amides is 1. The first-order valence-corrected chi connectivity index (χ1v) is 12.6. The molecule has 8 heteroatoms. The first-order valence-electron chi connectivity index (χ1n) is 12.6. The van der Waals surface area contributed by atoms with E-state index in [-0.39, 0.29) is 5.95 Å². The number of hydrogen-bond acceptors (Lipinski definition) is 5. The lowest BCUT2D eigenvalue weighted by atomic mass is 9.78. The molecule has 1 fully saturated rings. The summed E-state index contributed by atoms with van der Waals surface area (Å²) in [5, 5.41) is 14.3. The van der Waals surface area contributed by atoms with Crippen molar-refractivity contribution in [2.45, 2.75) is 50.0 Å². The number of aliphatic hydroxyl groups is 1. The molecular weight excluding hydrogens is 466 g/mol. The molecule has 0 spiro atoms. The first-order chi connectivity index (χ1) is 17.9. The van der Waals surface area contributed by atoms with E-state index in [1.807, 2.05) is 42.5 Å². The van der Waals surface area contributed by atoms with Crippen molar-refractivity contribution in [2.75, 3.05) is 11.1 Å². The van der Waals surface area contributed by atoms with Gasteiger partial charge in [-0.15, -0.1) is 0 Å². The van der Waals surface area contributed by atoms with E-state index in [4.69, 9.17) is 11.5 Å². The van der Waals surface area contributed by atoms with Crippen molar-refractivity contribution in [3.8, 4) is 0 Å². The second-order valence-electron chi connectivity index (χ2n) is 9.72. The summed E-state index contributed by atoms with van der Waals surface area (Å²) in [7, 11) is 0. The van der Waals surface area contributed by atoms with Crippen LogP contribution in [0.1, 0.15) is 71.0 Å². The number of hydrogen-bond donors (Lipinski definition) is 5. The van der Waals surface area contributed by atoms with Gasteiger partial charge in [-0.1, -0.05) is 61.7 Å². The molecule has 8 nitrogen and oxygen atoms in total. The highest BCUT2D eigenvalue weighted by atomic mass is 16.3. The van der Waals surface area contributed by atoms with Crippen molar-refractivity contribution in [3.05, 3.63) is 89.0 Å². The lowest BCUT2D eigenvalue weighted by Gasteiger charge is -2.28. The smallest absolute Gasteiger partial charge is 0.254 e. The van der Waals surface area contributed by atoms with Crippen LogP contribution >= 0.6 is 0 Å². The molecule has 0 saturated heterocycles. The summed E-state index contributed by atoms with van der Waals surface area (Å²) in [6.45, 7) is 0. The van der Waals surface area contributed by atoms with Gasteiger partial charge in [0.1, 0.15) is 6.10 Å². The normalized spacial score (nSPS) is 15.8. The molecule has 2 unspecified atom stereocenters. The molecule has 1 saturated carbocycles. The molecule has 190 valence electrons. The number of nitrogen functional groups attached to an aromatic ring is 1. The zero-order valence-corrected chi connectivity index (χ0v) is 20.5. The number of anilines is 2. The number of aromatic amines is 1. The van der Waals surface area contributed by atoms with Crippen LogP contribution in [0, 0.1) is 0 Å². The number of benzene rings is 3. The molecule has 1 heterocycles. The molecule has 0 aliphatic heterocycles. The third-order valence-corrected chi connectivity index (χ3v) is 7.26. The van der Waals surface area contributed by atoms with Crippen LogP contribution in [0.25, 0.3) is 11.0 Å². The Morgan fingerprint density at radius 2 is 1.76 bits per heavy atom. The zero-order chi connectivity index (χ0) is 25.9. The average molecular weight is 498 g/mol. The molecule has 5 rings (SSSR count). The molecule has 2 amide bonds. The second-order valence-corrected chi connectivity index (χ2v) is 9.72. The summed E-state index contributed by atoms with van der Waals surface area (Å²) in [6.07, 6.45) is 4.23. The third kappa shape index (κ3) is 5.20. The Morgan fingerprint density at radius 3 is 2.49 bits per heavy atom. The van der Waals surface area contributed by atoms with Crippen LogP contribution in [0.2, 0.25) is 0 Å². The second kappa shape index (κ2) is 10.4. The van der Waals surface area contributed by atoms with Gasteiger partial charge in [-0.3, -0.25) is 9.59 Å². The summed E-state index contributed by atoms with van der Waals surface area (Å²) in [4.78, 5) is 33.0. The van der Waals surface area contributed by atoms with E-state index in [1.165, 1.54) is 6.42 Å². The van der Waals surface area contributed by atoms with Gasteiger partial charge in [0, 0.05) is 17.2 Å². The largest absolute Gasteiger partial charge is 0.382 e. The van der Waals surface area contributed by atoms with Gasteiger partial charge < -0.3 is 26.9 Å². The molecule has 3 aromatic carbocycles. The van der Waals surface area contributed by atoms with Crippen molar-refractivity contribution in [2.24, 2.45) is 5.73 Å². The summed E-state index contributed by atoms with van der Waals surface area (Å²) in [6, 6.07) is 20.0. The summed E-state index contributed by atoms with van der Waals surface area (Å²) in [5.74, 6) is -1.33. The highest BCUT2D eigenvalue weighted by Gasteiger charge is 2.33. The molecule has 1 aliphatic rings. The predicted molar refractivity (Wildman–Crippen MR) is 144 cm³/mol. The topological polar surface area (TPSA) is 147 Å². The van der Waals surface area contributed by atoms with Crippen molar-refractivity contribution in [1.29, 1.82) is 0 Å². The van der Waals surface area contributed by atoms with E-state index in [9.17, 15) is 14.7 Å². The maximum Gasteiger partial charge on any atom is 0.254 e. The molecule has 1 aliphatic carbocycles. The Hall–Kier alpha value is -4.17. The van der Waals surface area contributed by atoms with Crippen LogP contribution in [-0.2, 0) is 4.79 Å². The van der Waals surface area contributed by atoms with Crippen molar-refractivity contribution in [3.63, 3.8) is 0 Å². The number of carbonyl (C=O) groups is 2. The molecule has 0 radical (unpaired) electrons. The maximum atomic E-state index is 13.4. The number of nitrogens with two attached hydrogens (primary N) is 2. The Labute approximate surface area is 215 Å². The van der Waals surface area contributed by atoms with Gasteiger partial charge in [-0.25, -0.2) is 4.98 Å². The number of rotatable bonds is 7. The number of nitrogens with zero attached hydrogens (tertiary/aromatic N) is 1. The predicted octanol–water partition coefficient (Wildman–Crippen LogP) is 4.42. The molecule has 4 aromatic rings. The lowest BCUT2D eigenvalue weighted by molar-refractivity contribution is -0.124. The number of H-pyrrole nitrogens is 1. The monoisotopic (exact) mass is 497 g/mol. The number of fused-ring (bicyclic) bond motifs is 1. The molecule has 2 atom stereocenters. The van der Waals surface area contributed by atoms with E-state index in [2.05, 4.69) is 15.3 Å². The number of aliphatic hydroxyl groups excluding tert-OH is 1. The zero-order valence-electron chi connectivity index (χ0n) is 20.5. The molecular formula is C29H31N5O3. The number of imidazole rings is 1. The van der Waals surface area contributed by atoms with Gasteiger partial charge in [0.15, 0.2) is 5.95 Å². The van der Waals surface area contributed by atoms with Crippen LogP contribution in [0.3, 0.4) is 0 Å². The fourth-order valence-corrected chi connectivity index (χ4v) is 5.42. The lowest BCUT2D eigenvalue weighted by Crippen LogP contribution is -2.35. The van der Waals surface area contributed by atoms with Crippen LogP contribution < -0.4 is 16.8 Å². The minimum Gasteiger partial charge on any atom is -0.382 e. The summed E-state index contributed by atoms with van der Waals surface area (Å²) in [5.41, 5.74) is 16.0. The van der Waals surface area contributed by atoms with E-state index in [0.717, 1.165) is 31.2 Å². The summed E-state index contributed by atoms with van der Waals surface area (Å²) >= 11 is 0. The Balaban J connectivity index is 1.52. The van der Waals surface area contributed by atoms with Gasteiger partial charge in [0.05, 0.1) is 11.0 Å². The third-order valence-electron chi connectivity index (χ3n) is 7.26. The Kier molecular flexibility index (Phi) is 6.92. The Morgan fingerprint density at radius 1 is 1.00 bits per heavy atom. The van der Waals surface area contributed by atoms with E-state index in [0.29, 0.717) is 39.3 Å². The standard InChI is InChI=1S/C29H31N5O3/c30-27(36)21-13-11-19(17-7-3-1-4-8-17)15-22(21)25(18-9-5-2-6-10-18)26(35)28(37)32-20-12-14-23-24(16-20)34-29(31)33-23/h2,5-6,9-17,25-26,35H,1,3-4,7-8H2,(H2,30,36)(H,32,37)(H3,31,33,34). The van der Waals surface area contributed by atoms with Crippen LogP contribution in [0.4, 0.5) is 11.6 Å².